The molecule has 0 saturated heterocycles. The molecule has 0 aliphatic heterocycles. The number of carbonyl (C=O) groups is 1. The van der Waals surface area contributed by atoms with Crippen molar-refractivity contribution in [3.63, 3.8) is 0 Å². The number of benzene rings is 1. The molecule has 4 rings (SSSR count). The highest BCUT2D eigenvalue weighted by molar-refractivity contribution is 5.97. The summed E-state index contributed by atoms with van der Waals surface area (Å²) in [5, 5.41) is 14.4. The zero-order chi connectivity index (χ0) is 18.6. The highest BCUT2D eigenvalue weighted by Gasteiger charge is 2.20. The normalized spacial score (nSPS) is 11.9. The lowest BCUT2D eigenvalue weighted by molar-refractivity contribution is 0.0932. The maximum atomic E-state index is 12.8. The van der Waals surface area contributed by atoms with Crippen LogP contribution in [0, 0.1) is 0 Å². The Morgan fingerprint density at radius 1 is 1.15 bits per heavy atom. The molecule has 1 N–H and O–H groups in total. The summed E-state index contributed by atoms with van der Waals surface area (Å²) in [6, 6.07) is 10.3. The number of nitrogens with one attached hydrogen (secondary N) is 1. The van der Waals surface area contributed by atoms with Gasteiger partial charge >= 0.3 is 0 Å². The van der Waals surface area contributed by atoms with Crippen molar-refractivity contribution in [3.8, 4) is 17.1 Å². The van der Waals surface area contributed by atoms with Crippen molar-refractivity contribution in [1.29, 1.82) is 0 Å². The number of para-hydroxylation sites is 1. The standard InChI is InChI=1S/C18H15N7O2/c1-12(18-23-16(24-27-18)13-5-4-8-19-9-13)22-17(26)14-6-2-3-7-15(14)25-10-20-21-11-25/h2-12H,1H3,(H,22,26)/t12-/m0/s1. The molecule has 0 fully saturated rings. The Morgan fingerprint density at radius 3 is 2.74 bits per heavy atom. The van der Waals surface area contributed by atoms with Crippen LogP contribution in [-0.4, -0.2) is 35.8 Å². The van der Waals surface area contributed by atoms with Crippen molar-refractivity contribution in [3.05, 3.63) is 72.9 Å². The fraction of sp³-hybridized carbons (Fsp3) is 0.111. The molecular formula is C18H15N7O2. The van der Waals surface area contributed by atoms with Gasteiger partial charge in [0.25, 0.3) is 5.91 Å². The minimum Gasteiger partial charge on any atom is -0.340 e. The van der Waals surface area contributed by atoms with Gasteiger partial charge < -0.3 is 9.84 Å². The van der Waals surface area contributed by atoms with E-state index >= 15 is 0 Å². The van der Waals surface area contributed by atoms with E-state index in [-0.39, 0.29) is 5.91 Å². The van der Waals surface area contributed by atoms with Crippen molar-refractivity contribution in [2.75, 3.05) is 0 Å². The molecule has 3 heterocycles. The third-order valence-electron chi connectivity index (χ3n) is 3.93. The fourth-order valence-electron chi connectivity index (χ4n) is 2.58. The molecule has 27 heavy (non-hydrogen) atoms. The zero-order valence-electron chi connectivity index (χ0n) is 14.4. The first-order valence-electron chi connectivity index (χ1n) is 8.21. The molecule has 3 aromatic heterocycles. The lowest BCUT2D eigenvalue weighted by Gasteiger charge is -2.12. The number of amides is 1. The quantitative estimate of drug-likeness (QED) is 0.580. The van der Waals surface area contributed by atoms with Crippen LogP contribution in [0.25, 0.3) is 17.1 Å². The van der Waals surface area contributed by atoms with Crippen molar-refractivity contribution in [2.24, 2.45) is 0 Å². The number of aromatic nitrogens is 6. The third-order valence-corrected chi connectivity index (χ3v) is 3.93. The molecule has 0 bridgehead atoms. The monoisotopic (exact) mass is 361 g/mol. The summed E-state index contributed by atoms with van der Waals surface area (Å²) >= 11 is 0. The second-order valence-corrected chi connectivity index (χ2v) is 5.78. The molecular weight excluding hydrogens is 346 g/mol. The average Bonchev–Trinajstić information content (AvgIpc) is 3.41. The SMILES string of the molecule is C[C@H](NC(=O)c1ccccc1-n1cnnc1)c1nc(-c2cccnc2)no1. The second-order valence-electron chi connectivity index (χ2n) is 5.78. The molecule has 9 heteroatoms. The molecule has 4 aromatic rings. The zero-order valence-corrected chi connectivity index (χ0v) is 14.4. The van der Waals surface area contributed by atoms with Gasteiger partial charge in [0.15, 0.2) is 0 Å². The topological polar surface area (TPSA) is 112 Å². The van der Waals surface area contributed by atoms with E-state index in [0.717, 1.165) is 5.56 Å². The summed E-state index contributed by atoms with van der Waals surface area (Å²) in [6.07, 6.45) is 6.38. The van der Waals surface area contributed by atoms with Crippen LogP contribution in [0.1, 0.15) is 29.2 Å². The maximum absolute atomic E-state index is 12.8. The van der Waals surface area contributed by atoms with Crippen LogP contribution in [0.15, 0.2) is 66.0 Å². The molecule has 0 spiro atoms. The van der Waals surface area contributed by atoms with E-state index in [9.17, 15) is 4.79 Å². The van der Waals surface area contributed by atoms with Gasteiger partial charge in [0.2, 0.25) is 11.7 Å². The van der Waals surface area contributed by atoms with E-state index in [1.54, 1.807) is 42.1 Å². The molecule has 0 aliphatic carbocycles. The van der Waals surface area contributed by atoms with E-state index in [4.69, 9.17) is 4.52 Å². The number of pyridine rings is 1. The van der Waals surface area contributed by atoms with Crippen molar-refractivity contribution in [1.82, 2.24) is 35.2 Å². The summed E-state index contributed by atoms with van der Waals surface area (Å²) in [5.74, 6) is 0.459. The summed E-state index contributed by atoms with van der Waals surface area (Å²) in [7, 11) is 0. The lowest BCUT2D eigenvalue weighted by atomic mass is 10.1. The van der Waals surface area contributed by atoms with Gasteiger partial charge in [-0.15, -0.1) is 10.2 Å². The molecule has 134 valence electrons. The van der Waals surface area contributed by atoms with E-state index in [1.807, 2.05) is 18.2 Å². The Morgan fingerprint density at radius 2 is 1.96 bits per heavy atom. The molecule has 0 aliphatic rings. The molecule has 0 saturated carbocycles. The number of carbonyl (C=O) groups excluding carboxylic acids is 1. The van der Waals surface area contributed by atoms with Crippen molar-refractivity contribution >= 4 is 5.91 Å². The first-order chi connectivity index (χ1) is 13.2. The number of nitrogens with zero attached hydrogens (tertiary/aromatic N) is 6. The van der Waals surface area contributed by atoms with Gasteiger partial charge in [-0.3, -0.25) is 14.3 Å². The highest BCUT2D eigenvalue weighted by atomic mass is 16.5. The Bertz CT molecular complexity index is 1040. The minimum atomic E-state index is -0.468. The minimum absolute atomic E-state index is 0.270. The molecule has 1 amide bonds. The Kier molecular flexibility index (Phi) is 4.40. The summed E-state index contributed by atoms with van der Waals surface area (Å²) in [5.41, 5.74) is 1.90. The third kappa shape index (κ3) is 3.43. The molecule has 9 nitrogen and oxygen atoms in total. The number of hydrogen-bond donors (Lipinski definition) is 1. The Hall–Kier alpha value is -3.88. The highest BCUT2D eigenvalue weighted by Crippen LogP contribution is 2.19. The van der Waals surface area contributed by atoms with Crippen LogP contribution >= 0.6 is 0 Å². The van der Waals surface area contributed by atoms with Gasteiger partial charge in [0.05, 0.1) is 11.3 Å². The largest absolute Gasteiger partial charge is 0.340 e. The van der Waals surface area contributed by atoms with Crippen LogP contribution < -0.4 is 5.32 Å². The van der Waals surface area contributed by atoms with Crippen LogP contribution in [-0.2, 0) is 0 Å². The summed E-state index contributed by atoms with van der Waals surface area (Å²) in [6.45, 7) is 1.78. The van der Waals surface area contributed by atoms with Crippen LogP contribution in [0.5, 0.6) is 0 Å². The lowest BCUT2D eigenvalue weighted by Crippen LogP contribution is -2.27. The summed E-state index contributed by atoms with van der Waals surface area (Å²) < 4.78 is 6.96. The first-order valence-corrected chi connectivity index (χ1v) is 8.21. The second kappa shape index (κ2) is 7.16. The van der Waals surface area contributed by atoms with Gasteiger partial charge in [0.1, 0.15) is 18.7 Å². The molecule has 1 aromatic carbocycles. The van der Waals surface area contributed by atoms with Crippen LogP contribution in [0.2, 0.25) is 0 Å². The van der Waals surface area contributed by atoms with Gasteiger partial charge in [-0.05, 0) is 31.2 Å². The van der Waals surface area contributed by atoms with Gasteiger partial charge in [-0.1, -0.05) is 17.3 Å². The van der Waals surface area contributed by atoms with Crippen molar-refractivity contribution in [2.45, 2.75) is 13.0 Å². The Balaban J connectivity index is 1.53. The van der Waals surface area contributed by atoms with Crippen LogP contribution in [0.4, 0.5) is 0 Å². The molecule has 0 radical (unpaired) electrons. The van der Waals surface area contributed by atoms with Gasteiger partial charge in [-0.25, -0.2) is 0 Å². The molecule has 0 unspecified atom stereocenters. The smallest absolute Gasteiger partial charge is 0.254 e. The Labute approximate surface area is 154 Å². The van der Waals surface area contributed by atoms with E-state index in [1.165, 1.54) is 12.7 Å². The average molecular weight is 361 g/mol. The van der Waals surface area contributed by atoms with E-state index in [0.29, 0.717) is 23.0 Å². The maximum Gasteiger partial charge on any atom is 0.254 e. The first kappa shape index (κ1) is 16.6. The predicted octanol–water partition coefficient (Wildman–Crippen LogP) is 2.20. The number of hydrogen-bond acceptors (Lipinski definition) is 7. The fourth-order valence-corrected chi connectivity index (χ4v) is 2.58. The predicted molar refractivity (Wildman–Crippen MR) is 94.8 cm³/mol. The van der Waals surface area contributed by atoms with E-state index < -0.39 is 6.04 Å². The van der Waals surface area contributed by atoms with Gasteiger partial charge in [0, 0.05) is 18.0 Å². The van der Waals surface area contributed by atoms with Gasteiger partial charge in [-0.2, -0.15) is 4.98 Å². The summed E-state index contributed by atoms with van der Waals surface area (Å²) in [4.78, 5) is 21.1. The number of rotatable bonds is 5. The molecule has 1 atom stereocenters. The van der Waals surface area contributed by atoms with Crippen molar-refractivity contribution < 1.29 is 9.32 Å². The van der Waals surface area contributed by atoms with E-state index in [2.05, 4.69) is 30.6 Å². The van der Waals surface area contributed by atoms with Crippen LogP contribution in [0.3, 0.4) is 0 Å².